The second-order valence-corrected chi connectivity index (χ2v) is 5.70. The van der Waals surface area contributed by atoms with Gasteiger partial charge in [0.15, 0.2) is 4.77 Å². The molecule has 1 heterocycles. The summed E-state index contributed by atoms with van der Waals surface area (Å²) in [5.74, 6) is 0.284. The highest BCUT2D eigenvalue weighted by atomic mass is 35.5. The Bertz CT molecular complexity index is 867. The molecule has 2 aromatic rings. The van der Waals surface area contributed by atoms with Crippen molar-refractivity contribution in [2.24, 2.45) is 5.73 Å². The molecule has 4 N–H and O–H groups in total. The van der Waals surface area contributed by atoms with Crippen molar-refractivity contribution >= 4 is 42.1 Å². The molecule has 25 heavy (non-hydrogen) atoms. The number of methoxy groups -OCH3 is 1. The number of H-pyrrole nitrogens is 1. The van der Waals surface area contributed by atoms with Gasteiger partial charge in [0.1, 0.15) is 5.75 Å². The molecule has 1 aromatic heterocycles. The number of nitrogens with two attached hydrogens (primary N) is 1. The maximum atomic E-state index is 11.9. The Morgan fingerprint density at radius 2 is 2.16 bits per heavy atom. The summed E-state index contributed by atoms with van der Waals surface area (Å²) >= 11 is 11.3. The van der Waals surface area contributed by atoms with Gasteiger partial charge >= 0.3 is 0 Å². The van der Waals surface area contributed by atoms with E-state index in [-0.39, 0.29) is 35.2 Å². The fourth-order valence-electron chi connectivity index (χ4n) is 2.23. The summed E-state index contributed by atoms with van der Waals surface area (Å²) in [6.07, 6.45) is 0. The topological polar surface area (TPSA) is 102 Å². The lowest BCUT2D eigenvalue weighted by Crippen LogP contribution is -2.33. The van der Waals surface area contributed by atoms with E-state index in [9.17, 15) is 9.59 Å². The number of halogens is 2. The summed E-state index contributed by atoms with van der Waals surface area (Å²) in [5, 5.41) is 3.16. The van der Waals surface area contributed by atoms with Crippen LogP contribution in [0.15, 0.2) is 29.1 Å². The smallest absolute Gasteiger partial charge is 0.252 e. The number of hydrogen-bond donors (Lipinski definition) is 3. The van der Waals surface area contributed by atoms with E-state index >= 15 is 0 Å². The molecule has 1 aromatic carbocycles. The molecule has 0 fully saturated rings. The lowest BCUT2D eigenvalue weighted by atomic mass is 10.1. The van der Waals surface area contributed by atoms with Crippen LogP contribution in [0.1, 0.15) is 0 Å². The van der Waals surface area contributed by atoms with Gasteiger partial charge in [0.25, 0.3) is 5.56 Å². The van der Waals surface area contributed by atoms with Crippen molar-refractivity contribution in [2.75, 3.05) is 20.2 Å². The minimum atomic E-state index is -0.334. The van der Waals surface area contributed by atoms with E-state index < -0.39 is 0 Å². The Kier molecular flexibility index (Phi) is 8.11. The van der Waals surface area contributed by atoms with Crippen LogP contribution in [0, 0.1) is 4.77 Å². The Labute approximate surface area is 160 Å². The van der Waals surface area contributed by atoms with Gasteiger partial charge in [-0.2, -0.15) is 0 Å². The van der Waals surface area contributed by atoms with Crippen molar-refractivity contribution in [1.82, 2.24) is 14.9 Å². The minimum Gasteiger partial charge on any atom is -0.496 e. The molecule has 0 spiro atoms. The van der Waals surface area contributed by atoms with Crippen LogP contribution in [-0.2, 0) is 11.3 Å². The van der Waals surface area contributed by atoms with Crippen molar-refractivity contribution in [3.05, 3.63) is 44.4 Å². The number of carbonyl (C=O) groups excluding carboxylic acids is 1. The number of nitrogens with one attached hydrogen (secondary N) is 2. The highest BCUT2D eigenvalue weighted by molar-refractivity contribution is 7.71. The van der Waals surface area contributed by atoms with Gasteiger partial charge in [0.2, 0.25) is 5.91 Å². The fourth-order valence-corrected chi connectivity index (χ4v) is 2.69. The van der Waals surface area contributed by atoms with Crippen LogP contribution in [0.25, 0.3) is 11.3 Å². The summed E-state index contributed by atoms with van der Waals surface area (Å²) < 4.78 is 7.28. The van der Waals surface area contributed by atoms with Gasteiger partial charge in [0.05, 0.1) is 19.3 Å². The first kappa shape index (κ1) is 21.2. The number of amides is 1. The van der Waals surface area contributed by atoms with E-state index in [1.54, 1.807) is 22.8 Å². The highest BCUT2D eigenvalue weighted by Gasteiger charge is 2.13. The summed E-state index contributed by atoms with van der Waals surface area (Å²) in [5.41, 5.74) is 6.10. The van der Waals surface area contributed by atoms with E-state index in [0.717, 1.165) is 0 Å². The molecule has 0 atom stereocenters. The van der Waals surface area contributed by atoms with Gasteiger partial charge in [-0.3, -0.25) is 14.6 Å². The standard InChI is InChI=1S/C15H17ClN4O3S.ClH/c1-23-12-3-2-9(16)6-10(12)11-7-13(21)19-15(24)20(11)5-4-18-14(22)8-17;/h2-3,6-7H,4-5,8,17H2,1H3,(H,18,22)(H,19,21,24);1H. The van der Waals surface area contributed by atoms with E-state index in [0.29, 0.717) is 35.1 Å². The van der Waals surface area contributed by atoms with E-state index in [4.69, 9.17) is 34.3 Å². The molecule has 0 aliphatic rings. The van der Waals surface area contributed by atoms with Crippen molar-refractivity contribution in [3.8, 4) is 17.0 Å². The van der Waals surface area contributed by atoms with Crippen LogP contribution in [-0.4, -0.2) is 35.7 Å². The van der Waals surface area contributed by atoms with Gasteiger partial charge in [0, 0.05) is 29.7 Å². The average Bonchev–Trinajstić information content (AvgIpc) is 2.56. The third-order valence-corrected chi connectivity index (χ3v) is 3.87. The average molecular weight is 405 g/mol. The molecule has 0 saturated heterocycles. The summed E-state index contributed by atoms with van der Waals surface area (Å²) in [7, 11) is 1.53. The first-order valence-corrected chi connectivity index (χ1v) is 7.89. The fraction of sp³-hybridized carbons (Fsp3) is 0.267. The lowest BCUT2D eigenvalue weighted by molar-refractivity contribution is -0.119. The number of aromatic amines is 1. The summed E-state index contributed by atoms with van der Waals surface area (Å²) in [6.45, 7) is 0.574. The molecular formula is C15H18Cl2N4O3S. The predicted molar refractivity (Wildman–Crippen MR) is 102 cm³/mol. The number of rotatable bonds is 6. The van der Waals surface area contributed by atoms with Crippen LogP contribution < -0.4 is 21.3 Å². The maximum Gasteiger partial charge on any atom is 0.252 e. The van der Waals surface area contributed by atoms with E-state index in [1.807, 2.05) is 0 Å². The lowest BCUT2D eigenvalue weighted by Gasteiger charge is -2.16. The quantitative estimate of drug-likeness (QED) is 0.636. The van der Waals surface area contributed by atoms with E-state index in [2.05, 4.69) is 10.3 Å². The normalized spacial score (nSPS) is 10.0. The first-order chi connectivity index (χ1) is 11.5. The monoisotopic (exact) mass is 404 g/mol. The molecule has 0 radical (unpaired) electrons. The van der Waals surface area contributed by atoms with Crippen LogP contribution in [0.5, 0.6) is 5.75 Å². The third kappa shape index (κ3) is 5.30. The molecule has 10 heteroatoms. The van der Waals surface area contributed by atoms with Crippen molar-refractivity contribution in [2.45, 2.75) is 6.54 Å². The highest BCUT2D eigenvalue weighted by Crippen LogP contribution is 2.31. The molecule has 136 valence electrons. The minimum absolute atomic E-state index is 0. The van der Waals surface area contributed by atoms with Gasteiger partial charge in [-0.15, -0.1) is 12.4 Å². The zero-order chi connectivity index (χ0) is 17.7. The second-order valence-electron chi connectivity index (χ2n) is 4.87. The molecule has 7 nitrogen and oxygen atoms in total. The number of ether oxygens (including phenoxy) is 1. The number of benzene rings is 1. The maximum absolute atomic E-state index is 11.9. The summed E-state index contributed by atoms with van der Waals surface area (Å²) in [6, 6.07) is 6.51. The number of carbonyl (C=O) groups is 1. The van der Waals surface area contributed by atoms with Gasteiger partial charge in [-0.05, 0) is 30.4 Å². The number of hydrogen-bond acceptors (Lipinski definition) is 5. The number of nitrogens with zero attached hydrogens (tertiary/aromatic N) is 1. The zero-order valence-electron chi connectivity index (χ0n) is 13.4. The van der Waals surface area contributed by atoms with Crippen LogP contribution in [0.4, 0.5) is 0 Å². The Morgan fingerprint density at radius 3 is 2.80 bits per heavy atom. The molecule has 1 amide bonds. The Hall–Kier alpha value is -1.87. The molecule has 0 aliphatic carbocycles. The largest absolute Gasteiger partial charge is 0.496 e. The van der Waals surface area contributed by atoms with Crippen LogP contribution >= 0.6 is 36.2 Å². The second kappa shape index (κ2) is 9.57. The first-order valence-electron chi connectivity index (χ1n) is 7.11. The Balaban J connectivity index is 0.00000312. The molecule has 0 aliphatic heterocycles. The van der Waals surface area contributed by atoms with Crippen LogP contribution in [0.3, 0.4) is 0 Å². The van der Waals surface area contributed by atoms with Crippen LogP contribution in [0.2, 0.25) is 5.02 Å². The van der Waals surface area contributed by atoms with Gasteiger partial charge < -0.3 is 20.4 Å². The molecule has 0 saturated carbocycles. The van der Waals surface area contributed by atoms with Crippen molar-refractivity contribution in [3.63, 3.8) is 0 Å². The zero-order valence-corrected chi connectivity index (χ0v) is 15.8. The van der Waals surface area contributed by atoms with Crippen molar-refractivity contribution < 1.29 is 9.53 Å². The van der Waals surface area contributed by atoms with Crippen molar-refractivity contribution in [1.29, 1.82) is 0 Å². The Morgan fingerprint density at radius 1 is 1.44 bits per heavy atom. The SMILES string of the molecule is COc1ccc(Cl)cc1-c1cc(=O)[nH]c(=S)n1CCNC(=O)CN.Cl. The molecular weight excluding hydrogens is 387 g/mol. The number of aromatic nitrogens is 2. The third-order valence-electron chi connectivity index (χ3n) is 3.31. The van der Waals surface area contributed by atoms with Gasteiger partial charge in [-0.1, -0.05) is 11.6 Å². The molecule has 0 unspecified atom stereocenters. The van der Waals surface area contributed by atoms with Gasteiger partial charge in [-0.25, -0.2) is 0 Å². The molecule has 0 bridgehead atoms. The molecule has 2 rings (SSSR count). The summed E-state index contributed by atoms with van der Waals surface area (Å²) in [4.78, 5) is 25.7. The predicted octanol–water partition coefficient (Wildman–Crippen LogP) is 1.73. The van der Waals surface area contributed by atoms with E-state index in [1.165, 1.54) is 13.2 Å².